The van der Waals surface area contributed by atoms with E-state index in [2.05, 4.69) is 15.9 Å². The van der Waals surface area contributed by atoms with Gasteiger partial charge >= 0.3 is 0 Å². The smallest absolute Gasteiger partial charge is 0.150 e. The van der Waals surface area contributed by atoms with Gasteiger partial charge in [0.2, 0.25) is 0 Å². The number of benzene rings is 1. The van der Waals surface area contributed by atoms with Crippen molar-refractivity contribution < 1.29 is 9.50 Å². The van der Waals surface area contributed by atoms with Crippen molar-refractivity contribution in [1.29, 1.82) is 0 Å². The van der Waals surface area contributed by atoms with E-state index in [1.165, 1.54) is 6.07 Å². The molecule has 0 saturated heterocycles. The maximum atomic E-state index is 13.5. The van der Waals surface area contributed by atoms with Gasteiger partial charge in [-0.2, -0.15) is 0 Å². The van der Waals surface area contributed by atoms with Crippen LogP contribution < -0.4 is 5.73 Å². The number of phenols is 1. The van der Waals surface area contributed by atoms with Crippen LogP contribution in [-0.4, -0.2) is 5.11 Å². The highest BCUT2D eigenvalue weighted by atomic mass is 79.9. The van der Waals surface area contributed by atoms with Gasteiger partial charge in [-0.3, -0.25) is 0 Å². The van der Waals surface area contributed by atoms with Gasteiger partial charge in [-0.05, 0) is 28.4 Å². The first-order valence-corrected chi connectivity index (χ1v) is 5.28. The molecule has 5 heteroatoms. The Hall–Kier alpha value is -0.320. The summed E-state index contributed by atoms with van der Waals surface area (Å²) in [7, 11) is 0. The zero-order valence-corrected chi connectivity index (χ0v) is 9.86. The standard InChI is InChI=1S/C9H10BrClFNO/c1-2-6(13)7-8(12)5(11)3-4(10)9(7)14/h3,6,14H,2,13H2,1H3. The zero-order chi connectivity index (χ0) is 10.9. The summed E-state index contributed by atoms with van der Waals surface area (Å²) in [6.07, 6.45) is 0.525. The normalized spacial score (nSPS) is 12.9. The van der Waals surface area contributed by atoms with Gasteiger partial charge in [0.1, 0.15) is 11.6 Å². The Morgan fingerprint density at radius 3 is 2.79 bits per heavy atom. The predicted octanol–water partition coefficient (Wildman–Crippen LogP) is 3.36. The lowest BCUT2D eigenvalue weighted by molar-refractivity contribution is 0.444. The summed E-state index contributed by atoms with van der Waals surface area (Å²) < 4.78 is 13.8. The number of hydrogen-bond donors (Lipinski definition) is 2. The second kappa shape index (κ2) is 4.47. The van der Waals surface area contributed by atoms with Gasteiger partial charge in [-0.1, -0.05) is 18.5 Å². The fourth-order valence-corrected chi connectivity index (χ4v) is 1.93. The molecule has 1 unspecified atom stereocenters. The van der Waals surface area contributed by atoms with E-state index in [1.54, 1.807) is 6.92 Å². The summed E-state index contributed by atoms with van der Waals surface area (Å²) in [6.45, 7) is 1.80. The SMILES string of the molecule is CCC(N)c1c(O)c(Br)cc(Cl)c1F. The van der Waals surface area contributed by atoms with Crippen molar-refractivity contribution in [1.82, 2.24) is 0 Å². The Morgan fingerprint density at radius 2 is 2.29 bits per heavy atom. The van der Waals surface area contributed by atoms with Crippen LogP contribution >= 0.6 is 27.5 Å². The first kappa shape index (κ1) is 11.8. The molecule has 3 N–H and O–H groups in total. The highest BCUT2D eigenvalue weighted by molar-refractivity contribution is 9.10. The summed E-state index contributed by atoms with van der Waals surface area (Å²) in [5.74, 6) is -0.831. The van der Waals surface area contributed by atoms with Gasteiger partial charge in [-0.15, -0.1) is 0 Å². The predicted molar refractivity (Wildman–Crippen MR) is 58.0 cm³/mol. The quantitative estimate of drug-likeness (QED) is 0.817. The number of halogens is 3. The second-order valence-electron chi connectivity index (χ2n) is 2.93. The van der Waals surface area contributed by atoms with Crippen LogP contribution in [0.3, 0.4) is 0 Å². The van der Waals surface area contributed by atoms with Crippen molar-refractivity contribution >= 4 is 27.5 Å². The summed E-state index contributed by atoms with van der Waals surface area (Å²) >= 11 is 8.69. The molecule has 0 spiro atoms. The Balaban J connectivity index is 3.39. The lowest BCUT2D eigenvalue weighted by Crippen LogP contribution is -2.11. The Kier molecular flexibility index (Phi) is 3.75. The van der Waals surface area contributed by atoms with Crippen LogP contribution in [0.25, 0.3) is 0 Å². The Labute approximate surface area is 95.0 Å². The van der Waals surface area contributed by atoms with Crippen LogP contribution in [0.15, 0.2) is 10.5 Å². The molecular formula is C9H10BrClFNO. The topological polar surface area (TPSA) is 46.2 Å². The van der Waals surface area contributed by atoms with E-state index >= 15 is 0 Å². The summed E-state index contributed by atoms with van der Waals surface area (Å²) in [5, 5.41) is 9.53. The number of nitrogens with two attached hydrogens (primary N) is 1. The lowest BCUT2D eigenvalue weighted by atomic mass is 10.0. The van der Waals surface area contributed by atoms with Crippen molar-refractivity contribution in [3.05, 3.63) is 26.9 Å². The third kappa shape index (κ3) is 2.02. The average molecular weight is 283 g/mol. The highest BCUT2D eigenvalue weighted by Crippen LogP contribution is 2.37. The molecule has 0 fully saturated rings. The van der Waals surface area contributed by atoms with Crippen molar-refractivity contribution in [3.63, 3.8) is 0 Å². The van der Waals surface area contributed by atoms with Crippen LogP contribution in [0.4, 0.5) is 4.39 Å². The average Bonchev–Trinajstić information content (AvgIpc) is 2.15. The van der Waals surface area contributed by atoms with Crippen molar-refractivity contribution in [3.8, 4) is 5.75 Å². The number of aromatic hydroxyl groups is 1. The Bertz CT molecular complexity index is 333. The van der Waals surface area contributed by atoms with Crippen LogP contribution in [0.1, 0.15) is 24.9 Å². The maximum absolute atomic E-state index is 13.5. The molecule has 0 bridgehead atoms. The van der Waals surface area contributed by atoms with E-state index in [4.69, 9.17) is 17.3 Å². The molecule has 0 saturated carbocycles. The van der Waals surface area contributed by atoms with Crippen molar-refractivity contribution in [2.75, 3.05) is 0 Å². The molecule has 0 aliphatic carbocycles. The zero-order valence-electron chi connectivity index (χ0n) is 7.52. The van der Waals surface area contributed by atoms with E-state index in [9.17, 15) is 9.50 Å². The van der Waals surface area contributed by atoms with Gasteiger partial charge in [0.05, 0.1) is 9.50 Å². The molecule has 1 aromatic carbocycles. The molecule has 0 aliphatic heterocycles. The van der Waals surface area contributed by atoms with Crippen molar-refractivity contribution in [2.24, 2.45) is 5.73 Å². The van der Waals surface area contributed by atoms with Crippen LogP contribution in [0, 0.1) is 5.82 Å². The van der Waals surface area contributed by atoms with Crippen molar-refractivity contribution in [2.45, 2.75) is 19.4 Å². The molecule has 1 atom stereocenters. The third-order valence-corrected chi connectivity index (χ3v) is 2.87. The van der Waals surface area contributed by atoms with Gasteiger partial charge in [0.25, 0.3) is 0 Å². The molecule has 0 amide bonds. The van der Waals surface area contributed by atoms with E-state index in [0.717, 1.165) is 0 Å². The Morgan fingerprint density at radius 1 is 1.71 bits per heavy atom. The maximum Gasteiger partial charge on any atom is 0.150 e. The number of rotatable bonds is 2. The van der Waals surface area contributed by atoms with Gasteiger partial charge in [0, 0.05) is 11.6 Å². The van der Waals surface area contributed by atoms with Crippen LogP contribution in [0.5, 0.6) is 5.75 Å². The summed E-state index contributed by atoms with van der Waals surface area (Å²) in [5.41, 5.74) is 5.72. The van der Waals surface area contributed by atoms with Crippen LogP contribution in [-0.2, 0) is 0 Å². The van der Waals surface area contributed by atoms with Gasteiger partial charge in [0.15, 0.2) is 0 Å². The first-order valence-electron chi connectivity index (χ1n) is 4.11. The fraction of sp³-hybridized carbons (Fsp3) is 0.333. The highest BCUT2D eigenvalue weighted by Gasteiger charge is 2.20. The number of phenolic OH excluding ortho intramolecular Hbond substituents is 1. The number of hydrogen-bond acceptors (Lipinski definition) is 2. The molecular weight excluding hydrogens is 272 g/mol. The molecule has 0 aromatic heterocycles. The third-order valence-electron chi connectivity index (χ3n) is 1.99. The summed E-state index contributed by atoms with van der Waals surface area (Å²) in [4.78, 5) is 0. The first-order chi connectivity index (χ1) is 6.49. The minimum Gasteiger partial charge on any atom is -0.506 e. The molecule has 0 aliphatic rings. The summed E-state index contributed by atoms with van der Waals surface area (Å²) in [6, 6.07) is 0.753. The molecule has 78 valence electrons. The molecule has 0 radical (unpaired) electrons. The van der Waals surface area contributed by atoms with Gasteiger partial charge < -0.3 is 10.8 Å². The minimum atomic E-state index is -0.651. The fourth-order valence-electron chi connectivity index (χ4n) is 1.15. The molecule has 2 nitrogen and oxygen atoms in total. The largest absolute Gasteiger partial charge is 0.506 e. The van der Waals surface area contributed by atoms with Gasteiger partial charge in [-0.25, -0.2) is 4.39 Å². The molecule has 14 heavy (non-hydrogen) atoms. The lowest BCUT2D eigenvalue weighted by Gasteiger charge is -2.14. The molecule has 1 rings (SSSR count). The van der Waals surface area contributed by atoms with E-state index in [0.29, 0.717) is 10.9 Å². The molecule has 1 aromatic rings. The minimum absolute atomic E-state index is 0.0476. The van der Waals surface area contributed by atoms with E-state index in [-0.39, 0.29) is 16.3 Å². The second-order valence-corrected chi connectivity index (χ2v) is 4.19. The van der Waals surface area contributed by atoms with E-state index < -0.39 is 11.9 Å². The molecule has 0 heterocycles. The van der Waals surface area contributed by atoms with E-state index in [1.807, 2.05) is 0 Å². The monoisotopic (exact) mass is 281 g/mol. The van der Waals surface area contributed by atoms with Crippen LogP contribution in [0.2, 0.25) is 5.02 Å².